The van der Waals surface area contributed by atoms with Crippen molar-refractivity contribution in [1.29, 1.82) is 0 Å². The highest BCUT2D eigenvalue weighted by molar-refractivity contribution is 5.82. The van der Waals surface area contributed by atoms with Gasteiger partial charge < -0.3 is 4.74 Å². The fourth-order valence-electron chi connectivity index (χ4n) is 1.42. The molecule has 1 aromatic rings. The predicted molar refractivity (Wildman–Crippen MR) is 65.4 cm³/mol. The molecular formula is C14H17FO2. The molecule has 0 aliphatic heterocycles. The number of hydrogen-bond acceptors (Lipinski definition) is 2. The van der Waals surface area contributed by atoms with Gasteiger partial charge in [-0.2, -0.15) is 0 Å². The van der Waals surface area contributed by atoms with Crippen LogP contribution in [-0.2, 0) is 16.0 Å². The first-order chi connectivity index (χ1) is 8.24. The van der Waals surface area contributed by atoms with E-state index in [0.29, 0.717) is 12.2 Å². The number of carbonyl (C=O) groups is 1. The van der Waals surface area contributed by atoms with Gasteiger partial charge >= 0.3 is 0 Å². The zero-order valence-electron chi connectivity index (χ0n) is 9.82. The monoisotopic (exact) mass is 236 g/mol. The van der Waals surface area contributed by atoms with Crippen LogP contribution in [0.1, 0.15) is 18.4 Å². The Morgan fingerprint density at radius 2 is 2.18 bits per heavy atom. The van der Waals surface area contributed by atoms with Crippen LogP contribution in [0.25, 0.3) is 0 Å². The van der Waals surface area contributed by atoms with Gasteiger partial charge in [-0.25, -0.2) is 4.39 Å². The smallest absolute Gasteiger partial charge is 0.162 e. The standard InChI is InChI=1S/C14H17FO2/c1-2-3-6-9-17-11-13(16)10-12-7-4-5-8-14(12)15/h2,4-5,7-8H,1,3,6,9-11H2. The summed E-state index contributed by atoms with van der Waals surface area (Å²) in [7, 11) is 0. The van der Waals surface area contributed by atoms with E-state index in [-0.39, 0.29) is 24.6 Å². The van der Waals surface area contributed by atoms with Gasteiger partial charge in [0.2, 0.25) is 0 Å². The Hall–Kier alpha value is -1.48. The predicted octanol–water partition coefficient (Wildman–Crippen LogP) is 2.92. The van der Waals surface area contributed by atoms with E-state index in [1.807, 2.05) is 6.08 Å². The van der Waals surface area contributed by atoms with Gasteiger partial charge in [-0.3, -0.25) is 4.79 Å². The molecule has 0 heterocycles. The molecule has 0 spiro atoms. The first-order valence-corrected chi connectivity index (χ1v) is 5.67. The molecule has 0 atom stereocenters. The summed E-state index contributed by atoms with van der Waals surface area (Å²) < 4.78 is 18.4. The van der Waals surface area contributed by atoms with E-state index in [9.17, 15) is 9.18 Å². The quantitative estimate of drug-likeness (QED) is 0.512. The van der Waals surface area contributed by atoms with E-state index in [4.69, 9.17) is 4.74 Å². The van der Waals surface area contributed by atoms with Crippen LogP contribution in [0.4, 0.5) is 4.39 Å². The fourth-order valence-corrected chi connectivity index (χ4v) is 1.42. The highest BCUT2D eigenvalue weighted by Crippen LogP contribution is 2.07. The van der Waals surface area contributed by atoms with Crippen LogP contribution in [0, 0.1) is 5.82 Å². The summed E-state index contributed by atoms with van der Waals surface area (Å²) in [6.45, 7) is 4.18. The number of carbonyl (C=O) groups excluding carboxylic acids is 1. The molecule has 3 heteroatoms. The molecule has 0 aromatic heterocycles. The number of allylic oxidation sites excluding steroid dienone is 1. The molecule has 0 bridgehead atoms. The molecule has 2 nitrogen and oxygen atoms in total. The van der Waals surface area contributed by atoms with E-state index in [1.165, 1.54) is 6.07 Å². The second kappa shape index (κ2) is 7.74. The maximum absolute atomic E-state index is 13.2. The summed E-state index contributed by atoms with van der Waals surface area (Å²) in [6.07, 6.45) is 3.64. The Kier molecular flexibility index (Phi) is 6.18. The molecule has 92 valence electrons. The highest BCUT2D eigenvalue weighted by atomic mass is 19.1. The van der Waals surface area contributed by atoms with Gasteiger partial charge in [0.1, 0.15) is 12.4 Å². The summed E-state index contributed by atoms with van der Waals surface area (Å²) >= 11 is 0. The Labute approximate surface area is 101 Å². The molecular weight excluding hydrogens is 219 g/mol. The molecule has 0 unspecified atom stereocenters. The van der Waals surface area contributed by atoms with Gasteiger partial charge in [-0.1, -0.05) is 24.3 Å². The number of hydrogen-bond donors (Lipinski definition) is 0. The maximum atomic E-state index is 13.2. The molecule has 0 saturated carbocycles. The lowest BCUT2D eigenvalue weighted by Gasteiger charge is -2.04. The molecule has 0 aliphatic rings. The second-order valence-corrected chi connectivity index (χ2v) is 3.79. The third-order valence-corrected chi connectivity index (χ3v) is 2.31. The van der Waals surface area contributed by atoms with Crippen LogP contribution in [-0.4, -0.2) is 19.0 Å². The lowest BCUT2D eigenvalue weighted by Crippen LogP contribution is -2.12. The van der Waals surface area contributed by atoms with Crippen molar-refractivity contribution in [2.75, 3.05) is 13.2 Å². The molecule has 0 fully saturated rings. The summed E-state index contributed by atoms with van der Waals surface area (Å²) in [5.74, 6) is -0.443. The summed E-state index contributed by atoms with van der Waals surface area (Å²) in [6, 6.07) is 6.30. The van der Waals surface area contributed by atoms with E-state index in [0.717, 1.165) is 12.8 Å². The van der Waals surface area contributed by atoms with Crippen LogP contribution < -0.4 is 0 Å². The minimum absolute atomic E-state index is 0.0471. The largest absolute Gasteiger partial charge is 0.374 e. The number of unbranched alkanes of at least 4 members (excludes halogenated alkanes) is 1. The zero-order valence-corrected chi connectivity index (χ0v) is 9.82. The third kappa shape index (κ3) is 5.41. The van der Waals surface area contributed by atoms with Gasteiger partial charge in [-0.15, -0.1) is 6.58 Å². The SMILES string of the molecule is C=CCCCOCC(=O)Cc1ccccc1F. The molecule has 0 radical (unpaired) electrons. The maximum Gasteiger partial charge on any atom is 0.162 e. The molecule has 0 aliphatic carbocycles. The molecule has 0 amide bonds. The zero-order chi connectivity index (χ0) is 12.5. The minimum Gasteiger partial charge on any atom is -0.374 e. The number of Topliss-reactive ketones (excluding diaryl/α,β-unsaturated/α-hetero) is 1. The van der Waals surface area contributed by atoms with Crippen LogP contribution in [0.2, 0.25) is 0 Å². The van der Waals surface area contributed by atoms with Gasteiger partial charge in [0.05, 0.1) is 0 Å². The van der Waals surface area contributed by atoms with Crippen molar-refractivity contribution in [3.05, 3.63) is 48.3 Å². The number of benzene rings is 1. The Balaban J connectivity index is 2.25. The topological polar surface area (TPSA) is 26.3 Å². The van der Waals surface area contributed by atoms with Crippen molar-refractivity contribution in [1.82, 2.24) is 0 Å². The van der Waals surface area contributed by atoms with Crippen molar-refractivity contribution >= 4 is 5.78 Å². The third-order valence-electron chi connectivity index (χ3n) is 2.31. The Morgan fingerprint density at radius 3 is 2.88 bits per heavy atom. The number of halogens is 1. The van der Waals surface area contributed by atoms with E-state index >= 15 is 0 Å². The number of ketones is 1. The Morgan fingerprint density at radius 1 is 1.41 bits per heavy atom. The first kappa shape index (κ1) is 13.6. The van der Waals surface area contributed by atoms with Gasteiger partial charge in [0.25, 0.3) is 0 Å². The second-order valence-electron chi connectivity index (χ2n) is 3.79. The van der Waals surface area contributed by atoms with Crippen molar-refractivity contribution in [2.45, 2.75) is 19.3 Å². The van der Waals surface area contributed by atoms with Crippen LogP contribution in [0.5, 0.6) is 0 Å². The van der Waals surface area contributed by atoms with Crippen molar-refractivity contribution < 1.29 is 13.9 Å². The fraction of sp³-hybridized carbons (Fsp3) is 0.357. The minimum atomic E-state index is -0.340. The van der Waals surface area contributed by atoms with Crippen LogP contribution in [0.15, 0.2) is 36.9 Å². The number of ether oxygens (including phenoxy) is 1. The molecule has 1 aromatic carbocycles. The lowest BCUT2D eigenvalue weighted by molar-refractivity contribution is -0.123. The van der Waals surface area contributed by atoms with Crippen molar-refractivity contribution in [2.24, 2.45) is 0 Å². The van der Waals surface area contributed by atoms with Crippen LogP contribution >= 0.6 is 0 Å². The van der Waals surface area contributed by atoms with Gasteiger partial charge in [0, 0.05) is 13.0 Å². The summed E-state index contributed by atoms with van der Waals surface area (Å²) in [5, 5.41) is 0. The van der Waals surface area contributed by atoms with E-state index in [2.05, 4.69) is 6.58 Å². The number of rotatable bonds is 8. The van der Waals surface area contributed by atoms with E-state index < -0.39 is 0 Å². The summed E-state index contributed by atoms with van der Waals surface area (Å²) in [4.78, 5) is 11.5. The van der Waals surface area contributed by atoms with Gasteiger partial charge in [-0.05, 0) is 24.5 Å². The normalized spacial score (nSPS) is 10.2. The molecule has 17 heavy (non-hydrogen) atoms. The van der Waals surface area contributed by atoms with Crippen LogP contribution in [0.3, 0.4) is 0 Å². The average Bonchev–Trinajstić information content (AvgIpc) is 2.32. The van der Waals surface area contributed by atoms with E-state index in [1.54, 1.807) is 18.2 Å². The van der Waals surface area contributed by atoms with Gasteiger partial charge in [0.15, 0.2) is 5.78 Å². The molecule has 1 rings (SSSR count). The summed E-state index contributed by atoms with van der Waals surface area (Å²) in [5.41, 5.74) is 0.423. The highest BCUT2D eigenvalue weighted by Gasteiger charge is 2.07. The first-order valence-electron chi connectivity index (χ1n) is 5.67. The lowest BCUT2D eigenvalue weighted by atomic mass is 10.1. The molecule has 0 N–H and O–H groups in total. The Bertz CT molecular complexity index is 374. The van der Waals surface area contributed by atoms with Crippen molar-refractivity contribution in [3.8, 4) is 0 Å². The average molecular weight is 236 g/mol. The van der Waals surface area contributed by atoms with Crippen molar-refractivity contribution in [3.63, 3.8) is 0 Å². The molecule has 0 saturated heterocycles.